The minimum atomic E-state index is -0.281. The van der Waals surface area contributed by atoms with Crippen LogP contribution in [0.1, 0.15) is 19.4 Å². The van der Waals surface area contributed by atoms with E-state index < -0.39 is 0 Å². The van der Waals surface area contributed by atoms with Crippen molar-refractivity contribution in [2.45, 2.75) is 26.4 Å². The van der Waals surface area contributed by atoms with Gasteiger partial charge in [-0.1, -0.05) is 24.3 Å². The summed E-state index contributed by atoms with van der Waals surface area (Å²) in [6, 6.07) is 15.1. The molecule has 2 rings (SSSR count). The van der Waals surface area contributed by atoms with Gasteiger partial charge in [-0.2, -0.15) is 0 Å². The molecule has 0 spiro atoms. The molecule has 5 nitrogen and oxygen atoms in total. The van der Waals surface area contributed by atoms with Crippen LogP contribution in [0.25, 0.3) is 0 Å². The number of hydrogen-bond acceptors (Lipinski definition) is 4. The Bertz CT molecular complexity index is 686. The van der Waals surface area contributed by atoms with Gasteiger partial charge in [0, 0.05) is 6.54 Å². The number of nitrogens with one attached hydrogen (secondary N) is 1. The summed E-state index contributed by atoms with van der Waals surface area (Å²) in [5.41, 5.74) is 1.80. The van der Waals surface area contributed by atoms with Crippen LogP contribution in [-0.4, -0.2) is 37.6 Å². The normalized spacial score (nSPS) is 11.9. The first-order chi connectivity index (χ1) is 12.0. The minimum Gasteiger partial charge on any atom is -0.495 e. The van der Waals surface area contributed by atoms with E-state index in [4.69, 9.17) is 9.47 Å². The van der Waals surface area contributed by atoms with E-state index in [1.165, 1.54) is 0 Å². The summed E-state index contributed by atoms with van der Waals surface area (Å²) in [7, 11) is 3.52. The number of para-hydroxylation sites is 2. The number of methoxy groups -OCH3 is 1. The zero-order chi connectivity index (χ0) is 18.2. The van der Waals surface area contributed by atoms with E-state index in [-0.39, 0.29) is 11.9 Å². The SMILES string of the molecule is CCOc1ccc(CN(C)[C@@H](C)C(=O)Nc2ccccc2OC)cc1. The zero-order valence-electron chi connectivity index (χ0n) is 15.3. The Kier molecular flexibility index (Phi) is 6.83. The molecule has 0 aromatic heterocycles. The Morgan fingerprint density at radius 2 is 1.84 bits per heavy atom. The second-order valence-corrected chi connectivity index (χ2v) is 5.86. The summed E-state index contributed by atoms with van der Waals surface area (Å²) >= 11 is 0. The maximum absolute atomic E-state index is 12.5. The molecule has 25 heavy (non-hydrogen) atoms. The second-order valence-electron chi connectivity index (χ2n) is 5.86. The van der Waals surface area contributed by atoms with E-state index in [1.807, 2.05) is 74.3 Å². The van der Waals surface area contributed by atoms with Gasteiger partial charge >= 0.3 is 0 Å². The molecule has 0 saturated heterocycles. The van der Waals surface area contributed by atoms with E-state index in [2.05, 4.69) is 5.32 Å². The molecule has 0 radical (unpaired) electrons. The van der Waals surface area contributed by atoms with Crippen LogP contribution in [0.15, 0.2) is 48.5 Å². The summed E-state index contributed by atoms with van der Waals surface area (Å²) in [5.74, 6) is 1.44. The van der Waals surface area contributed by atoms with E-state index in [0.29, 0.717) is 24.6 Å². The van der Waals surface area contributed by atoms with Crippen molar-refractivity contribution in [3.8, 4) is 11.5 Å². The molecule has 0 aliphatic heterocycles. The molecule has 1 amide bonds. The topological polar surface area (TPSA) is 50.8 Å². The molecule has 0 unspecified atom stereocenters. The van der Waals surface area contributed by atoms with E-state index in [1.54, 1.807) is 7.11 Å². The van der Waals surface area contributed by atoms with Crippen molar-refractivity contribution in [1.29, 1.82) is 0 Å². The molecule has 134 valence electrons. The highest BCUT2D eigenvalue weighted by Gasteiger charge is 2.19. The summed E-state index contributed by atoms with van der Waals surface area (Å²) in [6.07, 6.45) is 0. The summed E-state index contributed by atoms with van der Waals surface area (Å²) in [4.78, 5) is 14.5. The van der Waals surface area contributed by atoms with E-state index >= 15 is 0 Å². The number of rotatable bonds is 8. The number of hydrogen-bond donors (Lipinski definition) is 1. The number of carbonyl (C=O) groups excluding carboxylic acids is 1. The fourth-order valence-electron chi connectivity index (χ4n) is 2.47. The van der Waals surface area contributed by atoms with Crippen molar-refractivity contribution in [1.82, 2.24) is 4.90 Å². The highest BCUT2D eigenvalue weighted by molar-refractivity contribution is 5.95. The highest BCUT2D eigenvalue weighted by atomic mass is 16.5. The van der Waals surface area contributed by atoms with Crippen LogP contribution in [0.4, 0.5) is 5.69 Å². The van der Waals surface area contributed by atoms with Crippen LogP contribution in [0.2, 0.25) is 0 Å². The third-order valence-electron chi connectivity index (χ3n) is 4.07. The van der Waals surface area contributed by atoms with Gasteiger partial charge in [-0.3, -0.25) is 9.69 Å². The van der Waals surface area contributed by atoms with Crippen LogP contribution in [0.3, 0.4) is 0 Å². The molecule has 0 heterocycles. The molecule has 1 atom stereocenters. The van der Waals surface area contributed by atoms with Gasteiger partial charge in [-0.05, 0) is 50.7 Å². The quantitative estimate of drug-likeness (QED) is 0.797. The Labute approximate surface area is 149 Å². The van der Waals surface area contributed by atoms with Crippen LogP contribution in [0.5, 0.6) is 11.5 Å². The monoisotopic (exact) mass is 342 g/mol. The predicted molar refractivity (Wildman–Crippen MR) is 100 cm³/mol. The van der Waals surface area contributed by atoms with Crippen molar-refractivity contribution in [3.63, 3.8) is 0 Å². The second kappa shape index (κ2) is 9.08. The van der Waals surface area contributed by atoms with Crippen molar-refractivity contribution in [3.05, 3.63) is 54.1 Å². The van der Waals surface area contributed by atoms with E-state index in [9.17, 15) is 4.79 Å². The first-order valence-electron chi connectivity index (χ1n) is 8.41. The van der Waals surface area contributed by atoms with Crippen molar-refractivity contribution >= 4 is 11.6 Å². The third-order valence-corrected chi connectivity index (χ3v) is 4.07. The van der Waals surface area contributed by atoms with Crippen molar-refractivity contribution in [2.75, 3.05) is 26.1 Å². The standard InChI is InChI=1S/C20H26N2O3/c1-5-25-17-12-10-16(11-13-17)14-22(3)15(2)20(23)21-18-8-6-7-9-19(18)24-4/h6-13,15H,5,14H2,1-4H3,(H,21,23)/t15-/m0/s1. The number of carbonyl (C=O) groups is 1. The maximum Gasteiger partial charge on any atom is 0.241 e. The van der Waals surface area contributed by atoms with Gasteiger partial charge in [0.1, 0.15) is 11.5 Å². The van der Waals surface area contributed by atoms with E-state index in [0.717, 1.165) is 11.3 Å². The maximum atomic E-state index is 12.5. The molecule has 0 saturated carbocycles. The summed E-state index contributed by atoms with van der Waals surface area (Å²) < 4.78 is 10.7. The van der Waals surface area contributed by atoms with Gasteiger partial charge in [0.25, 0.3) is 0 Å². The van der Waals surface area contributed by atoms with Gasteiger partial charge in [-0.25, -0.2) is 0 Å². The number of benzene rings is 2. The molecule has 0 bridgehead atoms. The number of ether oxygens (including phenoxy) is 2. The van der Waals surface area contributed by atoms with Crippen LogP contribution < -0.4 is 14.8 Å². The van der Waals surface area contributed by atoms with Gasteiger partial charge in [-0.15, -0.1) is 0 Å². The van der Waals surface area contributed by atoms with Crippen molar-refractivity contribution < 1.29 is 14.3 Å². The molecule has 2 aromatic carbocycles. The van der Waals surface area contributed by atoms with Gasteiger partial charge in [0.2, 0.25) is 5.91 Å². The average molecular weight is 342 g/mol. The Morgan fingerprint density at radius 1 is 1.16 bits per heavy atom. The molecule has 0 fully saturated rings. The Morgan fingerprint density at radius 3 is 2.48 bits per heavy atom. The molecule has 1 N–H and O–H groups in total. The fraction of sp³-hybridized carbons (Fsp3) is 0.350. The van der Waals surface area contributed by atoms with Gasteiger partial charge in [0.15, 0.2) is 0 Å². The smallest absolute Gasteiger partial charge is 0.241 e. The molecule has 2 aromatic rings. The number of amides is 1. The summed E-state index contributed by atoms with van der Waals surface area (Å²) in [5, 5.41) is 2.93. The lowest BCUT2D eigenvalue weighted by Crippen LogP contribution is -2.39. The predicted octanol–water partition coefficient (Wildman–Crippen LogP) is 3.55. The molecule has 5 heteroatoms. The van der Waals surface area contributed by atoms with Gasteiger partial charge in [0.05, 0.1) is 25.4 Å². The Balaban J connectivity index is 1.96. The summed E-state index contributed by atoms with van der Waals surface area (Å²) in [6.45, 7) is 5.18. The van der Waals surface area contributed by atoms with Crippen LogP contribution in [-0.2, 0) is 11.3 Å². The lowest BCUT2D eigenvalue weighted by atomic mass is 10.1. The number of nitrogens with zero attached hydrogens (tertiary/aromatic N) is 1. The lowest BCUT2D eigenvalue weighted by molar-refractivity contribution is -0.120. The molecule has 0 aliphatic carbocycles. The first kappa shape index (κ1) is 18.8. The highest BCUT2D eigenvalue weighted by Crippen LogP contribution is 2.23. The largest absolute Gasteiger partial charge is 0.495 e. The van der Waals surface area contributed by atoms with Gasteiger partial charge < -0.3 is 14.8 Å². The number of likely N-dealkylation sites (N-methyl/N-ethyl adjacent to an activating group) is 1. The lowest BCUT2D eigenvalue weighted by Gasteiger charge is -2.24. The minimum absolute atomic E-state index is 0.0714. The fourth-order valence-corrected chi connectivity index (χ4v) is 2.47. The van der Waals surface area contributed by atoms with Crippen LogP contribution in [0, 0.1) is 0 Å². The number of anilines is 1. The van der Waals surface area contributed by atoms with Crippen LogP contribution >= 0.6 is 0 Å². The first-order valence-corrected chi connectivity index (χ1v) is 8.41. The molecular weight excluding hydrogens is 316 g/mol. The Hall–Kier alpha value is -2.53. The molecular formula is C20H26N2O3. The van der Waals surface area contributed by atoms with Crippen molar-refractivity contribution in [2.24, 2.45) is 0 Å². The third kappa shape index (κ3) is 5.22. The average Bonchev–Trinajstić information content (AvgIpc) is 2.63. The molecule has 0 aliphatic rings. The zero-order valence-corrected chi connectivity index (χ0v) is 15.3.